The summed E-state index contributed by atoms with van der Waals surface area (Å²) >= 11 is 9.10. The van der Waals surface area contributed by atoms with Crippen LogP contribution in [-0.4, -0.2) is 9.97 Å². The Morgan fingerprint density at radius 1 is 1.27 bits per heavy atom. The van der Waals surface area contributed by atoms with E-state index in [-0.39, 0.29) is 0 Å². The molecular formula is C10H7BrClN3. The third kappa shape index (κ3) is 1.96. The standard InChI is InChI=1S/C10H7BrClN3/c11-8-9(13)6(5-15-10(8)12)7-3-1-2-4-14-7/h1-5H,(H2,13,15). The van der Waals surface area contributed by atoms with Crippen molar-refractivity contribution in [2.24, 2.45) is 0 Å². The van der Waals surface area contributed by atoms with Gasteiger partial charge in [-0.1, -0.05) is 17.7 Å². The van der Waals surface area contributed by atoms with Gasteiger partial charge in [-0.25, -0.2) is 4.98 Å². The van der Waals surface area contributed by atoms with E-state index in [1.807, 2.05) is 18.2 Å². The smallest absolute Gasteiger partial charge is 0.145 e. The summed E-state index contributed by atoms with van der Waals surface area (Å²) in [6.45, 7) is 0. The largest absolute Gasteiger partial charge is 0.397 e. The highest BCUT2D eigenvalue weighted by atomic mass is 79.9. The molecule has 0 aliphatic rings. The van der Waals surface area contributed by atoms with Crippen molar-refractivity contribution in [2.75, 3.05) is 5.73 Å². The number of rotatable bonds is 1. The highest BCUT2D eigenvalue weighted by Crippen LogP contribution is 2.33. The molecule has 0 saturated carbocycles. The molecule has 3 nitrogen and oxygen atoms in total. The normalized spacial score (nSPS) is 10.3. The van der Waals surface area contributed by atoms with Crippen molar-refractivity contribution in [3.8, 4) is 11.3 Å². The minimum Gasteiger partial charge on any atom is -0.397 e. The van der Waals surface area contributed by atoms with Crippen molar-refractivity contribution in [3.63, 3.8) is 0 Å². The molecule has 0 fully saturated rings. The molecule has 0 amide bonds. The average molecular weight is 285 g/mol. The zero-order valence-corrected chi connectivity index (χ0v) is 9.96. The van der Waals surface area contributed by atoms with E-state index >= 15 is 0 Å². The zero-order valence-electron chi connectivity index (χ0n) is 7.61. The minimum atomic E-state index is 0.354. The van der Waals surface area contributed by atoms with Gasteiger partial charge in [0.25, 0.3) is 0 Å². The van der Waals surface area contributed by atoms with Gasteiger partial charge in [0.15, 0.2) is 0 Å². The zero-order chi connectivity index (χ0) is 10.8. The van der Waals surface area contributed by atoms with Crippen LogP contribution in [0.15, 0.2) is 35.1 Å². The molecule has 0 radical (unpaired) electrons. The average Bonchev–Trinajstić information content (AvgIpc) is 2.27. The van der Waals surface area contributed by atoms with Crippen molar-refractivity contribution < 1.29 is 0 Å². The summed E-state index contributed by atoms with van der Waals surface area (Å²) in [6, 6.07) is 5.61. The minimum absolute atomic E-state index is 0.354. The molecule has 76 valence electrons. The van der Waals surface area contributed by atoms with Crippen molar-refractivity contribution in [1.82, 2.24) is 9.97 Å². The predicted octanol–water partition coefficient (Wildman–Crippen LogP) is 3.14. The van der Waals surface area contributed by atoms with Gasteiger partial charge in [0, 0.05) is 18.0 Å². The van der Waals surface area contributed by atoms with E-state index < -0.39 is 0 Å². The molecule has 2 rings (SSSR count). The first-order valence-corrected chi connectivity index (χ1v) is 5.38. The fourth-order valence-electron chi connectivity index (χ4n) is 1.20. The lowest BCUT2D eigenvalue weighted by atomic mass is 10.1. The maximum absolute atomic E-state index is 5.90. The van der Waals surface area contributed by atoms with Gasteiger partial charge in [-0.2, -0.15) is 0 Å². The van der Waals surface area contributed by atoms with E-state index in [1.54, 1.807) is 12.4 Å². The quantitative estimate of drug-likeness (QED) is 0.819. The molecule has 0 aliphatic heterocycles. The van der Waals surface area contributed by atoms with Crippen LogP contribution in [-0.2, 0) is 0 Å². The van der Waals surface area contributed by atoms with E-state index in [0.717, 1.165) is 11.3 Å². The van der Waals surface area contributed by atoms with Crippen LogP contribution < -0.4 is 5.73 Å². The summed E-state index contributed by atoms with van der Waals surface area (Å²) in [4.78, 5) is 8.21. The number of hydrogen-bond donors (Lipinski definition) is 1. The van der Waals surface area contributed by atoms with E-state index in [4.69, 9.17) is 17.3 Å². The third-order valence-electron chi connectivity index (χ3n) is 1.96. The van der Waals surface area contributed by atoms with Crippen LogP contribution in [0.25, 0.3) is 11.3 Å². The van der Waals surface area contributed by atoms with Crippen LogP contribution in [0.1, 0.15) is 0 Å². The summed E-state index contributed by atoms with van der Waals surface area (Å²) in [6.07, 6.45) is 3.32. The lowest BCUT2D eigenvalue weighted by Gasteiger charge is -2.06. The topological polar surface area (TPSA) is 51.8 Å². The Labute approximate surface area is 100 Å². The summed E-state index contributed by atoms with van der Waals surface area (Å²) in [5.41, 5.74) is 8.00. The molecule has 2 aromatic rings. The van der Waals surface area contributed by atoms with Crippen molar-refractivity contribution in [2.45, 2.75) is 0 Å². The van der Waals surface area contributed by atoms with E-state index in [0.29, 0.717) is 15.3 Å². The second-order valence-corrected chi connectivity index (χ2v) is 4.06. The van der Waals surface area contributed by atoms with Crippen LogP contribution in [0, 0.1) is 0 Å². The van der Waals surface area contributed by atoms with Crippen molar-refractivity contribution in [3.05, 3.63) is 40.2 Å². The number of aromatic nitrogens is 2. The van der Waals surface area contributed by atoms with Gasteiger partial charge < -0.3 is 5.73 Å². The van der Waals surface area contributed by atoms with E-state index in [9.17, 15) is 0 Å². The van der Waals surface area contributed by atoms with Gasteiger partial charge in [-0.15, -0.1) is 0 Å². The summed E-state index contributed by atoms with van der Waals surface area (Å²) in [5.74, 6) is 0. The molecule has 0 unspecified atom stereocenters. The fourth-order valence-corrected chi connectivity index (χ4v) is 1.67. The van der Waals surface area contributed by atoms with Crippen molar-refractivity contribution in [1.29, 1.82) is 0 Å². The molecule has 0 atom stereocenters. The van der Waals surface area contributed by atoms with E-state index in [1.165, 1.54) is 0 Å². The number of nitrogen functional groups attached to an aromatic ring is 1. The Bertz CT molecular complexity index is 488. The number of hydrogen-bond acceptors (Lipinski definition) is 3. The van der Waals surface area contributed by atoms with Crippen molar-refractivity contribution >= 4 is 33.2 Å². The number of nitrogens with two attached hydrogens (primary N) is 1. The maximum Gasteiger partial charge on any atom is 0.145 e. The molecule has 2 heterocycles. The van der Waals surface area contributed by atoms with Crippen LogP contribution >= 0.6 is 27.5 Å². The predicted molar refractivity (Wildman–Crippen MR) is 64.6 cm³/mol. The Morgan fingerprint density at radius 2 is 2.07 bits per heavy atom. The number of pyridine rings is 2. The first-order valence-electron chi connectivity index (χ1n) is 4.21. The lowest BCUT2D eigenvalue weighted by Crippen LogP contribution is -1.95. The maximum atomic E-state index is 5.90. The van der Waals surface area contributed by atoms with Gasteiger partial charge in [0.2, 0.25) is 0 Å². The molecular weight excluding hydrogens is 277 g/mol. The summed E-state index contributed by atoms with van der Waals surface area (Å²) in [7, 11) is 0. The number of halogens is 2. The molecule has 0 spiro atoms. The lowest BCUT2D eigenvalue weighted by molar-refractivity contribution is 1.27. The van der Waals surface area contributed by atoms with Crippen LogP contribution in [0.4, 0.5) is 5.69 Å². The Morgan fingerprint density at radius 3 is 2.73 bits per heavy atom. The van der Waals surface area contributed by atoms with Gasteiger partial charge in [0.1, 0.15) is 5.15 Å². The van der Waals surface area contributed by atoms with Gasteiger partial charge in [0.05, 0.1) is 15.9 Å². The molecule has 2 N–H and O–H groups in total. The highest BCUT2D eigenvalue weighted by Gasteiger charge is 2.10. The van der Waals surface area contributed by atoms with Gasteiger partial charge >= 0.3 is 0 Å². The van der Waals surface area contributed by atoms with Gasteiger partial charge in [-0.05, 0) is 28.1 Å². The number of anilines is 1. The van der Waals surface area contributed by atoms with Crippen LogP contribution in [0.5, 0.6) is 0 Å². The first-order chi connectivity index (χ1) is 7.20. The Kier molecular flexibility index (Phi) is 2.88. The van der Waals surface area contributed by atoms with Crippen LogP contribution in [0.3, 0.4) is 0 Å². The van der Waals surface area contributed by atoms with Crippen LogP contribution in [0.2, 0.25) is 5.15 Å². The third-order valence-corrected chi connectivity index (χ3v) is 3.27. The number of nitrogens with zero attached hydrogens (tertiary/aromatic N) is 2. The molecule has 2 aromatic heterocycles. The molecule has 0 saturated heterocycles. The molecule has 15 heavy (non-hydrogen) atoms. The van der Waals surface area contributed by atoms with Gasteiger partial charge in [-0.3, -0.25) is 4.98 Å². The molecule has 0 bridgehead atoms. The van der Waals surface area contributed by atoms with E-state index in [2.05, 4.69) is 25.9 Å². The summed E-state index contributed by atoms with van der Waals surface area (Å²) < 4.78 is 0.604. The second-order valence-electron chi connectivity index (χ2n) is 2.91. The SMILES string of the molecule is Nc1c(-c2ccccn2)cnc(Cl)c1Br. The Balaban J connectivity index is 2.60. The molecule has 0 aliphatic carbocycles. The molecule has 0 aromatic carbocycles. The molecule has 5 heteroatoms. The second kappa shape index (κ2) is 4.16. The Hall–Kier alpha value is -1.13. The summed E-state index contributed by atoms with van der Waals surface area (Å²) in [5, 5.41) is 0.354. The first kappa shape index (κ1) is 10.4. The monoisotopic (exact) mass is 283 g/mol. The highest BCUT2D eigenvalue weighted by molar-refractivity contribution is 9.10. The fraction of sp³-hybridized carbons (Fsp3) is 0.